The van der Waals surface area contributed by atoms with Crippen LogP contribution in [0, 0.1) is 0 Å². The summed E-state index contributed by atoms with van der Waals surface area (Å²) in [5.74, 6) is -0.119. The molecule has 6 nitrogen and oxygen atoms in total. The molecule has 19 heavy (non-hydrogen) atoms. The van der Waals surface area contributed by atoms with E-state index in [-0.39, 0.29) is 11.8 Å². The summed E-state index contributed by atoms with van der Waals surface area (Å²) in [6.07, 6.45) is 0.419. The van der Waals surface area contributed by atoms with Gasteiger partial charge >= 0.3 is 0 Å². The number of nitrogens with zero attached hydrogens (tertiary/aromatic N) is 1. The van der Waals surface area contributed by atoms with Crippen molar-refractivity contribution in [1.82, 2.24) is 10.6 Å². The van der Waals surface area contributed by atoms with E-state index in [4.69, 9.17) is 5.73 Å². The molecule has 0 aliphatic carbocycles. The van der Waals surface area contributed by atoms with Gasteiger partial charge < -0.3 is 21.3 Å². The average molecular weight is 262 g/mol. The maximum atomic E-state index is 11.9. The highest BCUT2D eigenvalue weighted by molar-refractivity contribution is 6.00. The summed E-state index contributed by atoms with van der Waals surface area (Å²) < 4.78 is 0. The Balaban J connectivity index is 2.33. The minimum atomic E-state index is -0.154. The zero-order valence-corrected chi connectivity index (χ0v) is 10.9. The van der Waals surface area contributed by atoms with Crippen molar-refractivity contribution in [2.24, 2.45) is 0 Å². The summed E-state index contributed by atoms with van der Waals surface area (Å²) in [6.45, 7) is 1.82. The van der Waals surface area contributed by atoms with Crippen LogP contribution in [-0.2, 0) is 4.79 Å². The van der Waals surface area contributed by atoms with Crippen LogP contribution in [0.1, 0.15) is 16.8 Å². The van der Waals surface area contributed by atoms with Crippen LogP contribution >= 0.6 is 0 Å². The third-order valence-corrected chi connectivity index (χ3v) is 3.15. The zero-order chi connectivity index (χ0) is 13.8. The van der Waals surface area contributed by atoms with E-state index in [1.807, 2.05) is 4.90 Å². The first-order valence-electron chi connectivity index (χ1n) is 6.25. The molecule has 1 aliphatic heterocycles. The van der Waals surface area contributed by atoms with Crippen LogP contribution in [0.25, 0.3) is 0 Å². The minimum absolute atomic E-state index is 0.0351. The van der Waals surface area contributed by atoms with Gasteiger partial charge in [-0.1, -0.05) is 0 Å². The fourth-order valence-electron chi connectivity index (χ4n) is 2.14. The van der Waals surface area contributed by atoms with Crippen LogP contribution in [0.3, 0.4) is 0 Å². The number of nitrogens with two attached hydrogens (primary N) is 1. The molecule has 0 bridgehead atoms. The number of benzene rings is 1. The lowest BCUT2D eigenvalue weighted by Gasteiger charge is -2.24. The lowest BCUT2D eigenvalue weighted by molar-refractivity contribution is -0.120. The van der Waals surface area contributed by atoms with Crippen molar-refractivity contribution in [2.75, 3.05) is 37.3 Å². The summed E-state index contributed by atoms with van der Waals surface area (Å²) in [7, 11) is 1.59. The van der Waals surface area contributed by atoms with Gasteiger partial charge in [-0.25, -0.2) is 0 Å². The number of nitrogen functional groups attached to an aromatic ring is 1. The zero-order valence-electron chi connectivity index (χ0n) is 10.9. The van der Waals surface area contributed by atoms with E-state index in [9.17, 15) is 9.59 Å². The molecular weight excluding hydrogens is 244 g/mol. The van der Waals surface area contributed by atoms with Crippen molar-refractivity contribution >= 4 is 23.2 Å². The fraction of sp³-hybridized carbons (Fsp3) is 0.385. The topological polar surface area (TPSA) is 87.5 Å². The molecule has 0 saturated carbocycles. The Labute approximate surface area is 112 Å². The lowest BCUT2D eigenvalue weighted by atomic mass is 10.1. The number of nitrogens with one attached hydrogen (secondary N) is 2. The third kappa shape index (κ3) is 2.96. The van der Waals surface area contributed by atoms with Crippen molar-refractivity contribution in [3.63, 3.8) is 0 Å². The molecule has 4 N–H and O–H groups in total. The predicted molar refractivity (Wildman–Crippen MR) is 74.1 cm³/mol. The van der Waals surface area contributed by atoms with E-state index in [1.54, 1.807) is 25.2 Å². The molecule has 0 radical (unpaired) electrons. The van der Waals surface area contributed by atoms with Crippen LogP contribution in [-0.4, -0.2) is 38.5 Å². The Morgan fingerprint density at radius 2 is 2.21 bits per heavy atom. The molecule has 2 amide bonds. The van der Waals surface area contributed by atoms with Crippen LogP contribution in [0.2, 0.25) is 0 Å². The standard InChI is InChI=1S/C13H18N4O2/c1-15-13(19)10-3-2-9(14)8-11(10)17-6-4-12(18)16-5-7-17/h2-3,8H,4-7,14H2,1H3,(H,15,19)(H,16,18). The quantitative estimate of drug-likeness (QED) is 0.652. The van der Waals surface area contributed by atoms with Gasteiger partial charge in [-0.3, -0.25) is 9.59 Å². The minimum Gasteiger partial charge on any atom is -0.399 e. The van der Waals surface area contributed by atoms with Gasteiger partial charge in [-0.05, 0) is 18.2 Å². The molecule has 0 spiro atoms. The van der Waals surface area contributed by atoms with Crippen molar-refractivity contribution in [2.45, 2.75) is 6.42 Å². The van der Waals surface area contributed by atoms with Crippen molar-refractivity contribution in [1.29, 1.82) is 0 Å². The number of hydrogen-bond acceptors (Lipinski definition) is 4. The molecule has 1 aliphatic rings. The van der Waals surface area contributed by atoms with Crippen molar-refractivity contribution in [3.8, 4) is 0 Å². The van der Waals surface area contributed by atoms with E-state index in [1.165, 1.54) is 0 Å². The third-order valence-electron chi connectivity index (χ3n) is 3.15. The van der Waals surface area contributed by atoms with Crippen molar-refractivity contribution in [3.05, 3.63) is 23.8 Å². The number of amides is 2. The fourth-order valence-corrected chi connectivity index (χ4v) is 2.14. The van der Waals surface area contributed by atoms with Crippen LogP contribution < -0.4 is 21.3 Å². The maximum absolute atomic E-state index is 11.9. The second kappa shape index (κ2) is 5.60. The summed E-state index contributed by atoms with van der Waals surface area (Å²) in [5.41, 5.74) is 7.75. The second-order valence-electron chi connectivity index (χ2n) is 4.44. The van der Waals surface area contributed by atoms with Crippen molar-refractivity contribution < 1.29 is 9.59 Å². The molecule has 0 unspecified atom stereocenters. The van der Waals surface area contributed by atoms with Crippen LogP contribution in [0.15, 0.2) is 18.2 Å². The Morgan fingerprint density at radius 3 is 2.95 bits per heavy atom. The van der Waals surface area contributed by atoms with Crippen LogP contribution in [0.5, 0.6) is 0 Å². The SMILES string of the molecule is CNC(=O)c1ccc(N)cc1N1CCNC(=O)CC1. The number of carbonyl (C=O) groups excluding carboxylic acids is 2. The monoisotopic (exact) mass is 262 g/mol. The number of rotatable bonds is 2. The first-order chi connectivity index (χ1) is 9.11. The maximum Gasteiger partial charge on any atom is 0.253 e. The molecule has 1 aromatic carbocycles. The van der Waals surface area contributed by atoms with Gasteiger partial charge in [0.2, 0.25) is 5.91 Å². The van der Waals surface area contributed by atoms with Gasteiger partial charge in [-0.15, -0.1) is 0 Å². The lowest BCUT2D eigenvalue weighted by Crippen LogP contribution is -2.31. The summed E-state index contributed by atoms with van der Waals surface area (Å²) >= 11 is 0. The Kier molecular flexibility index (Phi) is 3.89. The molecule has 102 valence electrons. The van der Waals surface area contributed by atoms with Gasteiger partial charge in [0.15, 0.2) is 0 Å². The first-order valence-corrected chi connectivity index (χ1v) is 6.25. The van der Waals surface area contributed by atoms with E-state index in [2.05, 4.69) is 10.6 Å². The highest BCUT2D eigenvalue weighted by Gasteiger charge is 2.19. The number of hydrogen-bond donors (Lipinski definition) is 3. The molecule has 2 rings (SSSR count). The Hall–Kier alpha value is -2.24. The van der Waals surface area contributed by atoms with Crippen LogP contribution in [0.4, 0.5) is 11.4 Å². The van der Waals surface area contributed by atoms with Gasteiger partial charge in [-0.2, -0.15) is 0 Å². The molecule has 0 atom stereocenters. The van der Waals surface area contributed by atoms with E-state index in [0.717, 1.165) is 5.69 Å². The molecule has 1 fully saturated rings. The average Bonchev–Trinajstić information content (AvgIpc) is 2.62. The largest absolute Gasteiger partial charge is 0.399 e. The molecule has 1 aromatic rings. The normalized spacial score (nSPS) is 15.6. The van der Waals surface area contributed by atoms with Gasteiger partial charge in [0.05, 0.1) is 11.3 Å². The summed E-state index contributed by atoms with van der Waals surface area (Å²) in [4.78, 5) is 25.3. The van der Waals surface area contributed by atoms with E-state index in [0.29, 0.717) is 37.3 Å². The summed E-state index contributed by atoms with van der Waals surface area (Å²) in [5, 5.41) is 5.42. The Morgan fingerprint density at radius 1 is 1.42 bits per heavy atom. The molecule has 0 aromatic heterocycles. The highest BCUT2D eigenvalue weighted by Crippen LogP contribution is 2.24. The van der Waals surface area contributed by atoms with E-state index < -0.39 is 0 Å². The van der Waals surface area contributed by atoms with Gasteiger partial charge in [0.25, 0.3) is 5.91 Å². The molecule has 6 heteroatoms. The highest BCUT2D eigenvalue weighted by atomic mass is 16.2. The number of anilines is 2. The smallest absolute Gasteiger partial charge is 0.253 e. The van der Waals surface area contributed by atoms with Gasteiger partial charge in [0.1, 0.15) is 0 Å². The second-order valence-corrected chi connectivity index (χ2v) is 4.44. The first kappa shape index (κ1) is 13.2. The molecular formula is C13H18N4O2. The molecule has 1 heterocycles. The van der Waals surface area contributed by atoms with Gasteiger partial charge in [0, 0.05) is 38.8 Å². The van der Waals surface area contributed by atoms with E-state index >= 15 is 0 Å². The Bertz CT molecular complexity index is 501. The summed E-state index contributed by atoms with van der Waals surface area (Å²) in [6, 6.07) is 5.19. The molecule has 1 saturated heterocycles. The number of carbonyl (C=O) groups is 2. The predicted octanol–water partition coefficient (Wildman–Crippen LogP) is -0.0453.